The molecule has 1 N–H and O–H groups in total. The van der Waals surface area contributed by atoms with Crippen LogP contribution in [0.4, 0.5) is 0 Å². The molecule has 0 radical (unpaired) electrons. The molecule has 0 bridgehead atoms. The maximum atomic E-state index is 12.8. The molecule has 2 rings (SSSR count). The molecule has 0 aliphatic carbocycles. The topological polar surface area (TPSA) is 72.5 Å². The fourth-order valence-corrected chi connectivity index (χ4v) is 2.90. The van der Waals surface area contributed by atoms with E-state index in [2.05, 4.69) is 5.32 Å². The smallest absolute Gasteiger partial charge is 0.332 e. The van der Waals surface area contributed by atoms with Crippen molar-refractivity contribution in [3.05, 3.63) is 71.8 Å². The lowest BCUT2D eigenvalue weighted by Gasteiger charge is -2.31. The Morgan fingerprint density at radius 3 is 2.08 bits per heavy atom. The molecule has 1 atom stereocenters. The minimum absolute atomic E-state index is 0.161. The summed E-state index contributed by atoms with van der Waals surface area (Å²) in [4.78, 5) is 37.4. The van der Waals surface area contributed by atoms with Crippen molar-refractivity contribution in [2.24, 2.45) is 0 Å². The third-order valence-corrected chi connectivity index (χ3v) is 3.99. The molecule has 26 heavy (non-hydrogen) atoms. The quantitative estimate of drug-likeness (QED) is 0.585. The predicted molar refractivity (Wildman–Crippen MR) is 98.7 cm³/mol. The minimum atomic E-state index is -1.45. The lowest BCUT2D eigenvalue weighted by atomic mass is 9.84. The fraction of sp³-hybridized carbons (Fsp3) is 0.286. The van der Waals surface area contributed by atoms with Crippen LogP contribution < -0.4 is 5.32 Å². The number of Topliss-reactive ketones (excluding diaryl/α,β-unsaturated/α-hetero) is 1. The molecule has 0 fully saturated rings. The van der Waals surface area contributed by atoms with Gasteiger partial charge in [0.05, 0.1) is 6.61 Å². The summed E-state index contributed by atoms with van der Waals surface area (Å²) in [6, 6.07) is 18.0. The number of benzene rings is 2. The number of amides is 1. The van der Waals surface area contributed by atoms with E-state index in [1.807, 2.05) is 36.4 Å². The number of ketones is 1. The molecule has 5 heteroatoms. The van der Waals surface area contributed by atoms with Gasteiger partial charge in [-0.25, -0.2) is 4.79 Å². The van der Waals surface area contributed by atoms with Crippen molar-refractivity contribution in [1.82, 2.24) is 5.32 Å². The van der Waals surface area contributed by atoms with Gasteiger partial charge in [0.2, 0.25) is 5.91 Å². The van der Waals surface area contributed by atoms with Gasteiger partial charge in [0, 0.05) is 25.3 Å². The molecule has 1 amide bonds. The van der Waals surface area contributed by atoms with E-state index < -0.39 is 17.4 Å². The standard InChI is InChI=1S/C21H23NO4/c1-3-26-20(25)21(22-16(2)23,14-17-10-6-4-7-11-17)15-19(24)18-12-8-5-9-13-18/h4-13H,3,14-15H2,1-2H3,(H,22,23). The molecule has 0 aliphatic rings. The van der Waals surface area contributed by atoms with E-state index in [0.29, 0.717) is 5.56 Å². The number of nitrogens with one attached hydrogen (secondary N) is 1. The van der Waals surface area contributed by atoms with E-state index >= 15 is 0 Å². The Labute approximate surface area is 153 Å². The lowest BCUT2D eigenvalue weighted by Crippen LogP contribution is -2.57. The van der Waals surface area contributed by atoms with Crippen molar-refractivity contribution in [1.29, 1.82) is 0 Å². The monoisotopic (exact) mass is 353 g/mol. The average Bonchev–Trinajstić information content (AvgIpc) is 2.62. The van der Waals surface area contributed by atoms with Crippen LogP contribution in [0.3, 0.4) is 0 Å². The van der Waals surface area contributed by atoms with E-state index in [1.54, 1.807) is 31.2 Å². The number of carbonyl (C=O) groups excluding carboxylic acids is 3. The number of rotatable bonds is 8. The Balaban J connectivity index is 2.41. The molecule has 0 heterocycles. The van der Waals surface area contributed by atoms with Gasteiger partial charge in [-0.1, -0.05) is 60.7 Å². The zero-order chi connectivity index (χ0) is 19.0. The molecule has 0 spiro atoms. The Bertz CT molecular complexity index is 758. The Kier molecular flexibility index (Phi) is 6.67. The molecule has 0 aliphatic heterocycles. The van der Waals surface area contributed by atoms with Crippen LogP contribution in [0.25, 0.3) is 0 Å². The van der Waals surface area contributed by atoms with Gasteiger partial charge in [-0.2, -0.15) is 0 Å². The first kappa shape index (κ1) is 19.4. The summed E-state index contributed by atoms with van der Waals surface area (Å²) < 4.78 is 5.21. The first-order valence-electron chi connectivity index (χ1n) is 8.55. The molecule has 0 saturated carbocycles. The van der Waals surface area contributed by atoms with E-state index in [4.69, 9.17) is 4.74 Å². The number of hydrogen-bond donors (Lipinski definition) is 1. The highest BCUT2D eigenvalue weighted by Gasteiger charge is 2.43. The maximum absolute atomic E-state index is 12.8. The second-order valence-corrected chi connectivity index (χ2v) is 6.11. The number of esters is 1. The minimum Gasteiger partial charge on any atom is -0.464 e. The molecule has 1 unspecified atom stereocenters. The SMILES string of the molecule is CCOC(=O)C(CC(=O)c1ccccc1)(Cc1ccccc1)NC(C)=O. The van der Waals surface area contributed by atoms with Crippen molar-refractivity contribution >= 4 is 17.7 Å². The molecule has 136 valence electrons. The van der Waals surface area contributed by atoms with Crippen LogP contribution in [0, 0.1) is 0 Å². The van der Waals surface area contributed by atoms with E-state index in [-0.39, 0.29) is 25.2 Å². The zero-order valence-corrected chi connectivity index (χ0v) is 15.0. The maximum Gasteiger partial charge on any atom is 0.332 e. The van der Waals surface area contributed by atoms with Gasteiger partial charge in [-0.15, -0.1) is 0 Å². The van der Waals surface area contributed by atoms with Crippen LogP contribution in [0.15, 0.2) is 60.7 Å². The summed E-state index contributed by atoms with van der Waals surface area (Å²) in [5.41, 5.74) is -0.134. The highest BCUT2D eigenvalue weighted by molar-refractivity contribution is 6.01. The second-order valence-electron chi connectivity index (χ2n) is 6.11. The molecule has 0 aromatic heterocycles. The number of hydrogen-bond acceptors (Lipinski definition) is 4. The largest absolute Gasteiger partial charge is 0.464 e. The summed E-state index contributed by atoms with van der Waals surface area (Å²) in [6.45, 7) is 3.18. The Morgan fingerprint density at radius 1 is 0.962 bits per heavy atom. The van der Waals surface area contributed by atoms with Crippen LogP contribution in [0.5, 0.6) is 0 Å². The van der Waals surface area contributed by atoms with E-state index in [1.165, 1.54) is 6.92 Å². The van der Waals surface area contributed by atoms with Crippen LogP contribution in [-0.4, -0.2) is 29.8 Å². The van der Waals surface area contributed by atoms with Crippen molar-refractivity contribution in [2.45, 2.75) is 32.2 Å². The average molecular weight is 353 g/mol. The van der Waals surface area contributed by atoms with Gasteiger partial charge < -0.3 is 10.1 Å². The molecule has 5 nitrogen and oxygen atoms in total. The Morgan fingerprint density at radius 2 is 1.54 bits per heavy atom. The highest BCUT2D eigenvalue weighted by Crippen LogP contribution is 2.23. The van der Waals surface area contributed by atoms with Gasteiger partial charge in [0.25, 0.3) is 0 Å². The van der Waals surface area contributed by atoms with E-state index in [0.717, 1.165) is 5.56 Å². The Hall–Kier alpha value is -2.95. The zero-order valence-electron chi connectivity index (χ0n) is 15.0. The third kappa shape index (κ3) is 5.02. The summed E-state index contributed by atoms with van der Waals surface area (Å²) in [6.07, 6.45) is -0.00481. The van der Waals surface area contributed by atoms with Crippen molar-refractivity contribution in [2.75, 3.05) is 6.61 Å². The molecular weight excluding hydrogens is 330 g/mol. The van der Waals surface area contributed by atoms with Crippen molar-refractivity contribution in [3.63, 3.8) is 0 Å². The molecule has 0 saturated heterocycles. The van der Waals surface area contributed by atoms with Crippen molar-refractivity contribution < 1.29 is 19.1 Å². The normalized spacial score (nSPS) is 12.7. The summed E-state index contributed by atoms with van der Waals surface area (Å²) in [7, 11) is 0. The van der Waals surface area contributed by atoms with E-state index in [9.17, 15) is 14.4 Å². The van der Waals surface area contributed by atoms with Gasteiger partial charge in [-0.3, -0.25) is 9.59 Å². The third-order valence-electron chi connectivity index (χ3n) is 3.99. The van der Waals surface area contributed by atoms with Gasteiger partial charge in [-0.05, 0) is 12.5 Å². The molecule has 2 aromatic rings. The number of ether oxygens (including phenoxy) is 1. The molecular formula is C21H23NO4. The number of carbonyl (C=O) groups is 3. The van der Waals surface area contributed by atoms with Crippen molar-refractivity contribution in [3.8, 4) is 0 Å². The second kappa shape index (κ2) is 8.94. The molecule has 2 aromatic carbocycles. The van der Waals surface area contributed by atoms with Gasteiger partial charge in [0.1, 0.15) is 5.54 Å². The van der Waals surface area contributed by atoms with Crippen LogP contribution in [0.2, 0.25) is 0 Å². The van der Waals surface area contributed by atoms with Crippen LogP contribution in [-0.2, 0) is 20.7 Å². The fourth-order valence-electron chi connectivity index (χ4n) is 2.90. The predicted octanol–water partition coefficient (Wildman–Crippen LogP) is 2.94. The first-order valence-corrected chi connectivity index (χ1v) is 8.55. The van der Waals surface area contributed by atoms with Gasteiger partial charge in [0.15, 0.2) is 5.78 Å². The first-order chi connectivity index (χ1) is 12.5. The van der Waals surface area contributed by atoms with Crippen LogP contribution in [0.1, 0.15) is 36.2 Å². The summed E-state index contributed by atoms with van der Waals surface area (Å²) in [5, 5.41) is 2.69. The lowest BCUT2D eigenvalue weighted by molar-refractivity contribution is -0.153. The highest BCUT2D eigenvalue weighted by atomic mass is 16.5. The van der Waals surface area contributed by atoms with Gasteiger partial charge >= 0.3 is 5.97 Å². The van der Waals surface area contributed by atoms with Crippen LogP contribution >= 0.6 is 0 Å². The summed E-state index contributed by atoms with van der Waals surface area (Å²) in [5.74, 6) is -1.23. The summed E-state index contributed by atoms with van der Waals surface area (Å²) >= 11 is 0.